The van der Waals surface area contributed by atoms with E-state index in [2.05, 4.69) is 0 Å². The fourth-order valence-electron chi connectivity index (χ4n) is 2.15. The Balaban J connectivity index is 2.28. The Morgan fingerprint density at radius 2 is 2.00 bits per heavy atom. The third-order valence-electron chi connectivity index (χ3n) is 3.26. The Morgan fingerprint density at radius 1 is 1.41 bits per heavy atom. The lowest BCUT2D eigenvalue weighted by Crippen LogP contribution is -2.31. The molecule has 1 atom stereocenters. The van der Waals surface area contributed by atoms with Crippen LogP contribution in [-0.2, 0) is 10.4 Å². The Hall–Kier alpha value is -1.55. The summed E-state index contributed by atoms with van der Waals surface area (Å²) in [6.45, 7) is 0. The molecule has 17 heavy (non-hydrogen) atoms. The highest BCUT2D eigenvalue weighted by Gasteiger charge is 2.46. The second-order valence-electron chi connectivity index (χ2n) is 4.50. The quantitative estimate of drug-likeness (QED) is 0.817. The zero-order valence-electron chi connectivity index (χ0n) is 9.72. The molecule has 4 nitrogen and oxygen atoms in total. The summed E-state index contributed by atoms with van der Waals surface area (Å²) in [6, 6.07) is 6.95. The first-order valence-corrected chi connectivity index (χ1v) is 5.65. The van der Waals surface area contributed by atoms with E-state index in [1.807, 2.05) is 0 Å². The number of methoxy groups -OCH3 is 1. The van der Waals surface area contributed by atoms with E-state index in [0.717, 1.165) is 12.8 Å². The maximum Gasteiger partial charge on any atom is 0.306 e. The predicted molar refractivity (Wildman–Crippen MR) is 61.9 cm³/mol. The van der Waals surface area contributed by atoms with Gasteiger partial charge in [-0.15, -0.1) is 0 Å². The first-order chi connectivity index (χ1) is 8.06. The molecule has 0 aliphatic heterocycles. The number of carboxylic acids is 1. The normalized spacial score (nSPS) is 18.5. The Labute approximate surface area is 99.8 Å². The van der Waals surface area contributed by atoms with Crippen molar-refractivity contribution in [3.05, 3.63) is 29.8 Å². The van der Waals surface area contributed by atoms with Gasteiger partial charge in [-0.2, -0.15) is 0 Å². The van der Waals surface area contributed by atoms with Crippen LogP contribution in [0.3, 0.4) is 0 Å². The van der Waals surface area contributed by atoms with Crippen LogP contribution in [0.2, 0.25) is 0 Å². The molecule has 0 spiro atoms. The van der Waals surface area contributed by atoms with Crippen molar-refractivity contribution in [3.8, 4) is 5.75 Å². The fourth-order valence-corrected chi connectivity index (χ4v) is 2.15. The first-order valence-electron chi connectivity index (χ1n) is 5.65. The third kappa shape index (κ3) is 2.42. The number of carbonyl (C=O) groups is 1. The fraction of sp³-hybridized carbons (Fsp3) is 0.462. The molecule has 92 valence electrons. The van der Waals surface area contributed by atoms with Crippen molar-refractivity contribution in [1.82, 2.24) is 0 Å². The van der Waals surface area contributed by atoms with Crippen LogP contribution < -0.4 is 4.74 Å². The van der Waals surface area contributed by atoms with Gasteiger partial charge in [0.15, 0.2) is 0 Å². The molecule has 1 aliphatic carbocycles. The summed E-state index contributed by atoms with van der Waals surface area (Å²) in [5.74, 6) is -0.218. The third-order valence-corrected chi connectivity index (χ3v) is 3.26. The molecule has 2 N–H and O–H groups in total. The van der Waals surface area contributed by atoms with Gasteiger partial charge in [-0.1, -0.05) is 12.1 Å². The standard InChI is InChI=1S/C13H16O4/c1-17-11-6-4-10(5-7-11)13(16,8-12(14)15)9-2-3-9/h4-7,9,16H,2-3,8H2,1H3,(H,14,15). The van der Waals surface area contributed by atoms with Crippen LogP contribution in [0, 0.1) is 5.92 Å². The van der Waals surface area contributed by atoms with E-state index in [9.17, 15) is 9.90 Å². The van der Waals surface area contributed by atoms with E-state index in [1.54, 1.807) is 31.4 Å². The van der Waals surface area contributed by atoms with Crippen LogP contribution in [0.15, 0.2) is 24.3 Å². The van der Waals surface area contributed by atoms with Gasteiger partial charge in [0.2, 0.25) is 0 Å². The smallest absolute Gasteiger partial charge is 0.306 e. The minimum absolute atomic E-state index is 0.0620. The minimum atomic E-state index is -1.24. The van der Waals surface area contributed by atoms with Crippen LogP contribution in [0.5, 0.6) is 5.75 Å². The van der Waals surface area contributed by atoms with Crippen LogP contribution >= 0.6 is 0 Å². The molecule has 1 aliphatic rings. The van der Waals surface area contributed by atoms with Gasteiger partial charge in [0.05, 0.1) is 13.5 Å². The summed E-state index contributed by atoms with van der Waals surface area (Å²) in [5.41, 5.74) is -0.582. The average Bonchev–Trinajstić information content (AvgIpc) is 3.12. The molecule has 0 amide bonds. The number of ether oxygens (including phenoxy) is 1. The van der Waals surface area contributed by atoms with Gasteiger partial charge in [0.25, 0.3) is 0 Å². The number of rotatable bonds is 5. The number of aliphatic hydroxyl groups is 1. The molecule has 0 bridgehead atoms. The molecular formula is C13H16O4. The van der Waals surface area contributed by atoms with Crippen molar-refractivity contribution in [2.45, 2.75) is 24.9 Å². The first kappa shape index (κ1) is 11.9. The van der Waals surface area contributed by atoms with Crippen molar-refractivity contribution in [2.75, 3.05) is 7.11 Å². The van der Waals surface area contributed by atoms with Gasteiger partial charge in [-0.25, -0.2) is 0 Å². The number of hydrogen-bond donors (Lipinski definition) is 2. The topological polar surface area (TPSA) is 66.8 Å². The number of benzene rings is 1. The average molecular weight is 236 g/mol. The largest absolute Gasteiger partial charge is 0.497 e. The van der Waals surface area contributed by atoms with Gasteiger partial charge in [0, 0.05) is 0 Å². The van der Waals surface area contributed by atoms with E-state index in [0.29, 0.717) is 11.3 Å². The summed E-state index contributed by atoms with van der Waals surface area (Å²) >= 11 is 0. The van der Waals surface area contributed by atoms with E-state index < -0.39 is 11.6 Å². The molecule has 2 rings (SSSR count). The molecule has 0 heterocycles. The summed E-state index contributed by atoms with van der Waals surface area (Å²) < 4.78 is 5.04. The van der Waals surface area contributed by atoms with Crippen LogP contribution in [0.4, 0.5) is 0 Å². The second kappa shape index (κ2) is 4.37. The highest BCUT2D eigenvalue weighted by molar-refractivity contribution is 5.69. The maximum atomic E-state index is 10.9. The SMILES string of the molecule is COc1ccc(C(O)(CC(=O)O)C2CC2)cc1. The summed E-state index contributed by atoms with van der Waals surface area (Å²) in [7, 11) is 1.57. The van der Waals surface area contributed by atoms with E-state index >= 15 is 0 Å². The summed E-state index contributed by atoms with van der Waals surface area (Å²) in [6.07, 6.45) is 1.52. The highest BCUT2D eigenvalue weighted by atomic mass is 16.5. The molecule has 1 aromatic carbocycles. The Bertz CT molecular complexity index is 408. The zero-order chi connectivity index (χ0) is 12.5. The lowest BCUT2D eigenvalue weighted by molar-refractivity contribution is -0.144. The summed E-state index contributed by atoms with van der Waals surface area (Å²) in [5, 5.41) is 19.4. The lowest BCUT2D eigenvalue weighted by atomic mass is 9.86. The monoisotopic (exact) mass is 236 g/mol. The van der Waals surface area contributed by atoms with Crippen LogP contribution in [0.25, 0.3) is 0 Å². The maximum absolute atomic E-state index is 10.9. The molecule has 1 fully saturated rings. The van der Waals surface area contributed by atoms with E-state index in [4.69, 9.17) is 9.84 Å². The summed E-state index contributed by atoms with van der Waals surface area (Å²) in [4.78, 5) is 10.9. The molecule has 0 aromatic heterocycles. The number of hydrogen-bond acceptors (Lipinski definition) is 3. The Kier molecular flexibility index (Phi) is 3.07. The van der Waals surface area contributed by atoms with Gasteiger partial charge in [-0.3, -0.25) is 4.79 Å². The number of aliphatic carboxylic acids is 1. The molecule has 1 saturated carbocycles. The molecule has 0 saturated heterocycles. The zero-order valence-corrected chi connectivity index (χ0v) is 9.72. The minimum Gasteiger partial charge on any atom is -0.497 e. The van der Waals surface area contributed by atoms with Gasteiger partial charge >= 0.3 is 5.97 Å². The van der Waals surface area contributed by atoms with Gasteiger partial charge in [-0.05, 0) is 36.5 Å². The lowest BCUT2D eigenvalue weighted by Gasteiger charge is -2.27. The van der Waals surface area contributed by atoms with Gasteiger partial charge < -0.3 is 14.9 Å². The second-order valence-corrected chi connectivity index (χ2v) is 4.50. The predicted octanol–water partition coefficient (Wildman–Crippen LogP) is 1.77. The van der Waals surface area contributed by atoms with E-state index in [-0.39, 0.29) is 12.3 Å². The van der Waals surface area contributed by atoms with Gasteiger partial charge in [0.1, 0.15) is 11.4 Å². The van der Waals surface area contributed by atoms with E-state index in [1.165, 1.54) is 0 Å². The molecule has 4 heteroatoms. The van der Waals surface area contributed by atoms with Crippen molar-refractivity contribution in [3.63, 3.8) is 0 Å². The molecular weight excluding hydrogens is 220 g/mol. The van der Waals surface area contributed by atoms with Crippen molar-refractivity contribution in [1.29, 1.82) is 0 Å². The molecule has 1 aromatic rings. The highest BCUT2D eigenvalue weighted by Crippen LogP contribution is 2.47. The Morgan fingerprint density at radius 3 is 2.41 bits per heavy atom. The molecule has 0 radical (unpaired) electrons. The van der Waals surface area contributed by atoms with Crippen LogP contribution in [-0.4, -0.2) is 23.3 Å². The number of carboxylic acid groups (broad SMARTS) is 1. The van der Waals surface area contributed by atoms with Crippen molar-refractivity contribution < 1.29 is 19.7 Å². The van der Waals surface area contributed by atoms with Crippen molar-refractivity contribution in [2.24, 2.45) is 5.92 Å². The van der Waals surface area contributed by atoms with Crippen molar-refractivity contribution >= 4 is 5.97 Å². The molecule has 1 unspecified atom stereocenters. The van der Waals surface area contributed by atoms with Crippen LogP contribution in [0.1, 0.15) is 24.8 Å².